The Morgan fingerprint density at radius 3 is 1.00 bits per heavy atom. The van der Waals surface area contributed by atoms with Gasteiger partial charge in [-0.2, -0.15) is 31.6 Å². The molecule has 0 saturated heterocycles. The molecule has 0 fully saturated rings. The smallest absolute Gasteiger partial charge is 0.475 e. The lowest BCUT2D eigenvalue weighted by Gasteiger charge is -2.07. The number of carboxylic acids is 2. The summed E-state index contributed by atoms with van der Waals surface area (Å²) in [4.78, 5) is 82.8. The molecule has 484 valence electrons. The van der Waals surface area contributed by atoms with Crippen LogP contribution in [0, 0.1) is 35.3 Å². The number of carbonyl (C=O) groups excluding carboxylic acids is 5. The van der Waals surface area contributed by atoms with Crippen LogP contribution in [0.5, 0.6) is 0 Å². The number of unbranched alkanes of at least 4 members (excludes halogenated alkanes) is 6. The molecule has 90 heavy (non-hydrogen) atoms. The summed E-state index contributed by atoms with van der Waals surface area (Å²) < 4.78 is 79.0. The maximum absolute atomic E-state index is 12.1. The number of benzene rings is 5. The number of alkyl halides is 7. The van der Waals surface area contributed by atoms with E-state index in [4.69, 9.17) is 79.2 Å². The fourth-order valence-corrected chi connectivity index (χ4v) is 6.35. The number of nitrogens with zero attached hydrogens (tertiary/aromatic N) is 3. The second kappa shape index (κ2) is 46.9. The number of quaternary nitrogens is 1. The van der Waals surface area contributed by atoms with Gasteiger partial charge in [-0.1, -0.05) is 72.8 Å². The van der Waals surface area contributed by atoms with Crippen molar-refractivity contribution >= 4 is 75.5 Å². The van der Waals surface area contributed by atoms with Gasteiger partial charge in [-0.3, -0.25) is 39.2 Å². The van der Waals surface area contributed by atoms with E-state index < -0.39 is 36.7 Å². The number of nitriles is 1. The van der Waals surface area contributed by atoms with E-state index in [-0.39, 0.29) is 35.3 Å². The maximum Gasteiger partial charge on any atom is 0.490 e. The fraction of sp³-hybridized carbons (Fsp3) is 0.300. The lowest BCUT2D eigenvalue weighted by Crippen LogP contribution is -2.50. The molecule has 5 aromatic rings. The molecule has 0 heterocycles. The second-order valence-corrected chi connectivity index (χ2v) is 18.1. The number of rotatable bonds is 23. The van der Waals surface area contributed by atoms with Crippen LogP contribution in [-0.2, 0) is 9.59 Å². The highest BCUT2D eigenvalue weighted by atomic mass is 35.5. The van der Waals surface area contributed by atoms with Gasteiger partial charge in [-0.25, -0.2) is 19.3 Å². The largest absolute Gasteiger partial charge is 0.490 e. The van der Waals surface area contributed by atoms with Gasteiger partial charge < -0.3 is 54.4 Å². The zero-order chi connectivity index (χ0) is 69.4. The first-order chi connectivity index (χ1) is 43.0. The third-order valence-corrected chi connectivity index (χ3v) is 11.2. The van der Waals surface area contributed by atoms with Crippen molar-refractivity contribution in [2.75, 3.05) is 46.4 Å². The van der Waals surface area contributed by atoms with E-state index in [1.807, 2.05) is 6.07 Å². The third-order valence-electron chi connectivity index (χ3n) is 11.0. The lowest BCUT2D eigenvalue weighted by atomic mass is 10.1. The van der Waals surface area contributed by atoms with Crippen molar-refractivity contribution in [3.63, 3.8) is 0 Å². The lowest BCUT2D eigenvalue weighted by molar-refractivity contribution is -0.368. The van der Waals surface area contributed by atoms with E-state index in [2.05, 4.69) is 36.7 Å². The average molecular weight is 1290 g/mol. The number of nitrogens with one attached hydrogen (secondary N) is 6. The first-order valence-corrected chi connectivity index (χ1v) is 27.0. The molecule has 0 unspecified atom stereocenters. The predicted molar refractivity (Wildman–Crippen MR) is 324 cm³/mol. The number of amidine groups is 2. The van der Waals surface area contributed by atoms with Crippen molar-refractivity contribution in [1.82, 2.24) is 21.3 Å². The first kappa shape index (κ1) is 79.7. The number of carbonyl (C=O) groups is 7. The van der Waals surface area contributed by atoms with Crippen molar-refractivity contribution in [1.29, 1.82) is 16.1 Å². The molecule has 0 aliphatic heterocycles. The molecule has 17 N–H and O–H groups in total. The summed E-state index contributed by atoms with van der Waals surface area (Å²) in [5.74, 6) is -6.21. The van der Waals surface area contributed by atoms with Gasteiger partial charge in [0, 0.05) is 65.1 Å². The number of nitrogens with two attached hydrogens (primary N) is 3. The highest BCUT2D eigenvalue weighted by Crippen LogP contribution is 2.16. The molecular formula is C60H70ClF7N13O9+. The Morgan fingerprint density at radius 2 is 0.778 bits per heavy atom. The first-order valence-electron chi connectivity index (χ1n) is 27.3. The number of amides is 4. The average Bonchev–Trinajstić information content (AvgIpc) is 3.62. The fourth-order valence-electron chi connectivity index (χ4n) is 6.22. The van der Waals surface area contributed by atoms with Crippen molar-refractivity contribution in [3.05, 3.63) is 189 Å². The standard InChI is InChI=1S/C21H26N6O2.C21H20N4O2.C8H4ClNO.C5H14N2.2C2HF3O2.CH3F/c22-18(23)14-4-8-16(9-5-14)20(28)26-12-2-1-3-13-27-21(29)17-10-6-15(7-11-17)19(24)25;1-23-19-11-9-18(10-12-19)21(27)25-14-4-2-3-13-24-20(26)17-7-5-16(15-22)6-8-17;1-10-7-4-2-6(3-5-7)8(9)11;6-4-2-1-3-5-7;2*3-2(4,5)1(6)7;1-2/h4-11H,1-3,12-13H2,(H3,22,23)(H3,24,25)(H,26,28)(H,27,29);5-12H,2-4,13-14H2,(H,24,26)(H,25,27);2-5H;1-7H2;2*(H,6,7);1H3/p+1/i;;;;;;1D. The van der Waals surface area contributed by atoms with Crippen molar-refractivity contribution < 1.29 is 81.6 Å². The van der Waals surface area contributed by atoms with Crippen molar-refractivity contribution in [3.8, 4) is 6.07 Å². The van der Waals surface area contributed by atoms with Gasteiger partial charge in [-0.15, -0.1) is 0 Å². The minimum absolute atomic E-state index is 0.0304. The predicted octanol–water partition coefficient (Wildman–Crippen LogP) is 8.85. The van der Waals surface area contributed by atoms with Gasteiger partial charge in [0.15, 0.2) is 11.4 Å². The van der Waals surface area contributed by atoms with E-state index in [1.165, 1.54) is 25.0 Å². The summed E-state index contributed by atoms with van der Waals surface area (Å²) >= 11 is 5.18. The Kier molecular flexibility index (Phi) is 41.5. The summed E-state index contributed by atoms with van der Waals surface area (Å²) in [6, 6.07) is 34.4. The van der Waals surface area contributed by atoms with Crippen LogP contribution >= 0.6 is 11.6 Å². The Balaban J connectivity index is 0. The number of carboxylic acid groups (broad SMARTS) is 2. The number of aliphatic carboxylic acids is 2. The molecule has 0 aliphatic rings. The van der Waals surface area contributed by atoms with Crippen LogP contribution in [0.4, 0.5) is 42.1 Å². The van der Waals surface area contributed by atoms with Crippen LogP contribution < -0.4 is 44.2 Å². The van der Waals surface area contributed by atoms with Crippen molar-refractivity contribution in [2.45, 2.75) is 70.1 Å². The van der Waals surface area contributed by atoms with Crippen LogP contribution in [0.3, 0.4) is 0 Å². The number of halogens is 8. The monoisotopic (exact) mass is 1290 g/mol. The zero-order valence-electron chi connectivity index (χ0n) is 49.4. The summed E-state index contributed by atoms with van der Waals surface area (Å²) in [5, 5.41) is 48.6. The Bertz CT molecular complexity index is 3010. The Morgan fingerprint density at radius 1 is 0.533 bits per heavy atom. The summed E-state index contributed by atoms with van der Waals surface area (Å²) in [7, 11) is -1.00. The summed E-state index contributed by atoms with van der Waals surface area (Å²) in [6.45, 7) is 17.6. The molecule has 0 spiro atoms. The molecule has 0 bridgehead atoms. The molecule has 0 atom stereocenters. The molecule has 0 aromatic heterocycles. The minimum atomic E-state index is -5.08. The Hall–Kier alpha value is -10.3. The van der Waals surface area contributed by atoms with Crippen LogP contribution in [0.1, 0.15) is 128 Å². The molecule has 5 rings (SSSR count). The number of hydrogen-bond donors (Lipinski definition) is 12. The van der Waals surface area contributed by atoms with Gasteiger partial charge in [-0.05, 0) is 124 Å². The van der Waals surface area contributed by atoms with Gasteiger partial charge in [0.05, 0.1) is 39.8 Å². The molecule has 30 heteroatoms. The van der Waals surface area contributed by atoms with Crippen LogP contribution in [0.2, 0.25) is 0 Å². The quantitative estimate of drug-likeness (QED) is 0.00727. The van der Waals surface area contributed by atoms with Gasteiger partial charge in [0.1, 0.15) is 11.7 Å². The van der Waals surface area contributed by atoms with E-state index in [1.54, 1.807) is 109 Å². The number of hydrogen-bond acceptors (Lipinski definition) is 11. The molecular weight excluding hydrogens is 1220 g/mol. The van der Waals surface area contributed by atoms with Gasteiger partial charge in [0.2, 0.25) is 0 Å². The minimum Gasteiger partial charge on any atom is -0.475 e. The van der Waals surface area contributed by atoms with E-state index in [0.29, 0.717) is 82.1 Å². The van der Waals surface area contributed by atoms with Gasteiger partial charge in [0.25, 0.3) is 28.9 Å². The Labute approximate surface area is 521 Å². The summed E-state index contributed by atoms with van der Waals surface area (Å²) in [6.07, 6.45) is -1.53. The highest BCUT2D eigenvalue weighted by molar-refractivity contribution is 6.67. The normalized spacial score (nSPS) is 9.97. The topological polar surface area (TPSA) is 394 Å². The molecule has 22 nitrogen and oxygen atoms in total. The number of nitrogen functional groups attached to an aromatic ring is 2. The van der Waals surface area contributed by atoms with E-state index >= 15 is 0 Å². The second-order valence-electron chi connectivity index (χ2n) is 17.7. The van der Waals surface area contributed by atoms with Crippen LogP contribution in [-0.4, -0.2) is 121 Å². The highest BCUT2D eigenvalue weighted by Gasteiger charge is 2.39. The molecule has 4 amide bonds. The maximum atomic E-state index is 12.1. The van der Waals surface area contributed by atoms with E-state index in [0.717, 1.165) is 58.0 Å². The van der Waals surface area contributed by atoms with Gasteiger partial charge >= 0.3 is 24.3 Å². The third kappa shape index (κ3) is 38.0. The van der Waals surface area contributed by atoms with Crippen LogP contribution in [0.15, 0.2) is 121 Å². The summed E-state index contributed by atoms with van der Waals surface area (Å²) in [5.41, 5.74) is 25.0. The van der Waals surface area contributed by atoms with Crippen LogP contribution in [0.25, 0.3) is 9.69 Å². The molecule has 0 radical (unpaired) electrons. The zero-order valence-corrected chi connectivity index (χ0v) is 49.2. The molecule has 0 saturated carbocycles. The SMILES string of the molecule is N=C(N)c1ccc(C(=O)NCCCCCNC(=O)c2ccc(C(=N)N)cc2)cc1.NCCCCC[NH3+].O=C(O)C(F)(F)F.O=C(O)C(F)(F)F.[2H]CF.[C-]#[N+]c1ccc(C(=O)Cl)cc1.[C-]#[N+]c1ccc(C(=O)NCCCCCNC(=O)c2ccc(C#N)cc2)cc1. The van der Waals surface area contributed by atoms with Crippen molar-refractivity contribution in [2.24, 2.45) is 17.2 Å². The molecule has 5 aromatic carbocycles. The molecule has 0 aliphatic carbocycles. The van der Waals surface area contributed by atoms with E-state index in [9.17, 15) is 54.7 Å².